The zero-order valence-corrected chi connectivity index (χ0v) is 12.5. The van der Waals surface area contributed by atoms with Crippen LogP contribution in [0.2, 0.25) is 0 Å². The van der Waals surface area contributed by atoms with Gasteiger partial charge in [0.2, 0.25) is 0 Å². The predicted octanol–water partition coefficient (Wildman–Crippen LogP) is 5.09. The molecule has 0 unspecified atom stereocenters. The molecule has 0 aliphatic heterocycles. The first-order chi connectivity index (χ1) is 9.84. The lowest BCUT2D eigenvalue weighted by molar-refractivity contribution is 0.102. The highest BCUT2D eigenvalue weighted by atomic mass is 32.2. The number of hydrogen-bond acceptors (Lipinski definition) is 2. The van der Waals surface area contributed by atoms with Crippen molar-refractivity contribution in [1.82, 2.24) is 0 Å². The number of Topliss-reactive ketones (excluding diaryl/α,β-unsaturated/α-hetero) is 1. The summed E-state index contributed by atoms with van der Waals surface area (Å²) in [4.78, 5) is 12.5. The summed E-state index contributed by atoms with van der Waals surface area (Å²) in [5.74, 6) is 0.899. The van der Waals surface area contributed by atoms with Gasteiger partial charge in [-0.1, -0.05) is 61.7 Å². The molecule has 104 valence electrons. The molecular formula is C18H20OS. The van der Waals surface area contributed by atoms with Crippen LogP contribution >= 0.6 is 11.8 Å². The number of benzene rings is 2. The number of hydrogen-bond donors (Lipinski definition) is 0. The van der Waals surface area contributed by atoms with E-state index in [1.54, 1.807) is 0 Å². The standard InChI is InChI=1S/C18H20OS/c19-18(13-20-15-9-2-1-3-10-15)17-12-6-8-14-7-4-5-11-16(14)17/h4-8,11-12,15H,1-3,9-10,13H2. The van der Waals surface area contributed by atoms with Crippen LogP contribution in [-0.4, -0.2) is 16.8 Å². The molecule has 1 aliphatic carbocycles. The average Bonchev–Trinajstić information content (AvgIpc) is 2.53. The molecule has 0 saturated heterocycles. The molecule has 1 fully saturated rings. The molecule has 0 N–H and O–H groups in total. The van der Waals surface area contributed by atoms with Crippen molar-refractivity contribution in [2.75, 3.05) is 5.75 Å². The molecule has 0 amide bonds. The van der Waals surface area contributed by atoms with Crippen LogP contribution in [0.25, 0.3) is 10.8 Å². The topological polar surface area (TPSA) is 17.1 Å². The molecule has 0 heterocycles. The summed E-state index contributed by atoms with van der Waals surface area (Å²) in [5, 5.41) is 2.94. The Morgan fingerprint density at radius 1 is 1.00 bits per heavy atom. The second-order valence-corrected chi connectivity index (χ2v) is 6.81. The average molecular weight is 284 g/mol. The van der Waals surface area contributed by atoms with Gasteiger partial charge in [0.15, 0.2) is 5.78 Å². The van der Waals surface area contributed by atoms with Gasteiger partial charge in [-0.2, -0.15) is 11.8 Å². The predicted molar refractivity (Wildman–Crippen MR) is 87.6 cm³/mol. The van der Waals surface area contributed by atoms with Crippen molar-refractivity contribution in [2.45, 2.75) is 37.4 Å². The van der Waals surface area contributed by atoms with E-state index >= 15 is 0 Å². The van der Waals surface area contributed by atoms with Crippen molar-refractivity contribution in [3.8, 4) is 0 Å². The third kappa shape index (κ3) is 3.06. The number of fused-ring (bicyclic) bond motifs is 1. The van der Waals surface area contributed by atoms with Crippen LogP contribution < -0.4 is 0 Å². The number of ketones is 1. The zero-order valence-electron chi connectivity index (χ0n) is 11.7. The molecule has 1 nitrogen and oxygen atoms in total. The monoisotopic (exact) mass is 284 g/mol. The maximum absolute atomic E-state index is 12.5. The lowest BCUT2D eigenvalue weighted by Gasteiger charge is -2.20. The molecule has 0 radical (unpaired) electrons. The van der Waals surface area contributed by atoms with Crippen LogP contribution in [0.3, 0.4) is 0 Å². The van der Waals surface area contributed by atoms with Crippen LogP contribution in [0, 0.1) is 0 Å². The second-order valence-electron chi connectivity index (χ2n) is 5.52. The van der Waals surface area contributed by atoms with Crippen LogP contribution in [0.1, 0.15) is 42.5 Å². The van der Waals surface area contributed by atoms with Gasteiger partial charge in [0.25, 0.3) is 0 Å². The SMILES string of the molecule is O=C(CSC1CCCCC1)c1cccc2ccccc12. The molecule has 3 rings (SSSR count). The van der Waals surface area contributed by atoms with Crippen molar-refractivity contribution in [3.63, 3.8) is 0 Å². The smallest absolute Gasteiger partial charge is 0.173 e. The lowest BCUT2D eigenvalue weighted by atomic mass is 10.0. The van der Waals surface area contributed by atoms with E-state index in [-0.39, 0.29) is 5.78 Å². The largest absolute Gasteiger partial charge is 0.293 e. The molecule has 0 atom stereocenters. The van der Waals surface area contributed by atoms with E-state index in [4.69, 9.17) is 0 Å². The zero-order chi connectivity index (χ0) is 13.8. The van der Waals surface area contributed by atoms with Gasteiger partial charge in [-0.05, 0) is 23.6 Å². The van der Waals surface area contributed by atoms with Gasteiger partial charge in [-0.15, -0.1) is 0 Å². The van der Waals surface area contributed by atoms with Crippen LogP contribution in [0.4, 0.5) is 0 Å². The molecular weight excluding hydrogens is 264 g/mol. The molecule has 0 bridgehead atoms. The van der Waals surface area contributed by atoms with Gasteiger partial charge in [-0.25, -0.2) is 0 Å². The number of rotatable bonds is 4. The summed E-state index contributed by atoms with van der Waals surface area (Å²) in [7, 11) is 0. The molecule has 0 spiro atoms. The van der Waals surface area contributed by atoms with Crippen LogP contribution in [-0.2, 0) is 0 Å². The highest BCUT2D eigenvalue weighted by Gasteiger charge is 2.16. The molecule has 2 aromatic rings. The van der Waals surface area contributed by atoms with Crippen molar-refractivity contribution in [1.29, 1.82) is 0 Å². The third-order valence-corrected chi connectivity index (χ3v) is 5.46. The Bertz CT molecular complexity index is 594. The fourth-order valence-corrected chi connectivity index (χ4v) is 4.18. The van der Waals surface area contributed by atoms with E-state index in [0.717, 1.165) is 16.3 Å². The highest BCUT2D eigenvalue weighted by molar-refractivity contribution is 8.00. The number of carbonyl (C=O) groups excluding carboxylic acids is 1. The van der Waals surface area contributed by atoms with Gasteiger partial charge < -0.3 is 0 Å². The Balaban J connectivity index is 1.72. The van der Waals surface area contributed by atoms with Crippen LogP contribution in [0.15, 0.2) is 42.5 Å². The Morgan fingerprint density at radius 2 is 1.75 bits per heavy atom. The molecule has 2 heteroatoms. The van der Waals surface area contributed by atoms with Gasteiger partial charge in [-0.3, -0.25) is 4.79 Å². The van der Waals surface area contributed by atoms with Crippen molar-refractivity contribution in [2.24, 2.45) is 0 Å². The minimum atomic E-state index is 0.275. The quantitative estimate of drug-likeness (QED) is 0.728. The van der Waals surface area contributed by atoms with E-state index in [9.17, 15) is 4.79 Å². The fourth-order valence-electron chi connectivity index (χ4n) is 2.97. The minimum absolute atomic E-state index is 0.275. The first kappa shape index (κ1) is 13.7. The Labute approximate surface area is 124 Å². The van der Waals surface area contributed by atoms with E-state index in [1.165, 1.54) is 32.1 Å². The maximum atomic E-state index is 12.5. The van der Waals surface area contributed by atoms with Crippen molar-refractivity contribution >= 4 is 28.3 Å². The second kappa shape index (κ2) is 6.45. The normalized spacial score (nSPS) is 16.4. The molecule has 20 heavy (non-hydrogen) atoms. The Hall–Kier alpha value is -1.28. The van der Waals surface area contributed by atoms with E-state index in [2.05, 4.69) is 12.1 Å². The first-order valence-corrected chi connectivity index (χ1v) is 8.52. The van der Waals surface area contributed by atoms with Gasteiger partial charge in [0.05, 0.1) is 5.75 Å². The van der Waals surface area contributed by atoms with Crippen LogP contribution in [0.5, 0.6) is 0 Å². The summed E-state index contributed by atoms with van der Waals surface area (Å²) in [5.41, 5.74) is 0.881. The molecule has 1 aliphatic rings. The minimum Gasteiger partial charge on any atom is -0.293 e. The third-order valence-electron chi connectivity index (χ3n) is 4.09. The van der Waals surface area contributed by atoms with Crippen molar-refractivity contribution < 1.29 is 4.79 Å². The number of carbonyl (C=O) groups is 1. The Morgan fingerprint density at radius 3 is 2.60 bits per heavy atom. The first-order valence-electron chi connectivity index (χ1n) is 7.47. The van der Waals surface area contributed by atoms with E-state index in [0.29, 0.717) is 11.0 Å². The summed E-state index contributed by atoms with van der Waals surface area (Å²) in [6.45, 7) is 0. The van der Waals surface area contributed by atoms with Gasteiger partial charge >= 0.3 is 0 Å². The summed E-state index contributed by atoms with van der Waals surface area (Å²) in [6.07, 6.45) is 6.61. The maximum Gasteiger partial charge on any atom is 0.173 e. The summed E-state index contributed by atoms with van der Waals surface area (Å²) >= 11 is 1.86. The van der Waals surface area contributed by atoms with Gasteiger partial charge in [0.1, 0.15) is 0 Å². The molecule has 0 aromatic heterocycles. The Kier molecular flexibility index (Phi) is 4.41. The highest BCUT2D eigenvalue weighted by Crippen LogP contribution is 2.29. The summed E-state index contributed by atoms with van der Waals surface area (Å²) in [6, 6.07) is 14.2. The van der Waals surface area contributed by atoms with Gasteiger partial charge in [0, 0.05) is 10.8 Å². The lowest BCUT2D eigenvalue weighted by Crippen LogP contribution is -2.12. The molecule has 2 aromatic carbocycles. The van der Waals surface area contributed by atoms with E-state index < -0.39 is 0 Å². The van der Waals surface area contributed by atoms with E-state index in [1.807, 2.05) is 42.1 Å². The molecule has 1 saturated carbocycles. The fraction of sp³-hybridized carbons (Fsp3) is 0.389. The van der Waals surface area contributed by atoms with Crippen molar-refractivity contribution in [3.05, 3.63) is 48.0 Å². The summed E-state index contributed by atoms with van der Waals surface area (Å²) < 4.78 is 0. The number of thioether (sulfide) groups is 1.